The molecule has 0 fully saturated rings. The van der Waals surface area contributed by atoms with Gasteiger partial charge in [-0.3, -0.25) is 14.9 Å². The van der Waals surface area contributed by atoms with E-state index >= 15 is 0 Å². The van der Waals surface area contributed by atoms with E-state index in [0.717, 1.165) is 0 Å². The summed E-state index contributed by atoms with van der Waals surface area (Å²) in [6.45, 7) is 0.141. The second kappa shape index (κ2) is 6.12. The van der Waals surface area contributed by atoms with Crippen molar-refractivity contribution in [3.63, 3.8) is 0 Å². The van der Waals surface area contributed by atoms with E-state index in [1.807, 2.05) is 0 Å². The number of rotatable bonds is 5. The van der Waals surface area contributed by atoms with Crippen LogP contribution in [0.1, 0.15) is 16.1 Å². The van der Waals surface area contributed by atoms with Crippen molar-refractivity contribution in [2.75, 3.05) is 6.54 Å². The number of hydrogen-bond donors (Lipinski definition) is 1. The van der Waals surface area contributed by atoms with Gasteiger partial charge in [-0.1, -0.05) is 0 Å². The third-order valence-corrected chi connectivity index (χ3v) is 2.72. The second-order valence-electron chi connectivity index (χ2n) is 4.13. The highest BCUT2D eigenvalue weighted by Crippen LogP contribution is 2.22. The summed E-state index contributed by atoms with van der Waals surface area (Å²) in [7, 11) is 0. The van der Waals surface area contributed by atoms with Crippen molar-refractivity contribution < 1.29 is 22.9 Å². The van der Waals surface area contributed by atoms with Gasteiger partial charge in [-0.05, 0) is 18.2 Å². The Morgan fingerprint density at radius 2 is 2.05 bits per heavy atom. The lowest BCUT2D eigenvalue weighted by molar-refractivity contribution is -0.385. The highest BCUT2D eigenvalue weighted by molar-refractivity contribution is 5.98. The third-order valence-electron chi connectivity index (χ3n) is 2.72. The Morgan fingerprint density at radius 1 is 1.33 bits per heavy atom. The Morgan fingerprint density at radius 3 is 2.67 bits per heavy atom. The zero-order chi connectivity index (χ0) is 15.4. The average Bonchev–Trinajstić information content (AvgIpc) is 2.94. The molecule has 0 aliphatic heterocycles. The molecular formula is C13H10F2N2O4. The number of carbonyl (C=O) groups is 1. The zero-order valence-corrected chi connectivity index (χ0v) is 10.6. The van der Waals surface area contributed by atoms with Gasteiger partial charge in [-0.15, -0.1) is 0 Å². The summed E-state index contributed by atoms with van der Waals surface area (Å²) in [5, 5.41) is 13.2. The third kappa shape index (κ3) is 3.41. The normalized spacial score (nSPS) is 10.4. The molecule has 0 atom stereocenters. The summed E-state index contributed by atoms with van der Waals surface area (Å²) in [4.78, 5) is 21.7. The lowest BCUT2D eigenvalue weighted by Gasteiger charge is -2.05. The van der Waals surface area contributed by atoms with Crippen molar-refractivity contribution in [3.05, 3.63) is 63.6 Å². The highest BCUT2D eigenvalue weighted by Gasteiger charge is 2.23. The first-order chi connectivity index (χ1) is 9.99. The molecule has 2 aromatic rings. The molecule has 0 aliphatic rings. The van der Waals surface area contributed by atoms with Gasteiger partial charge in [-0.25, -0.2) is 8.78 Å². The van der Waals surface area contributed by atoms with Crippen molar-refractivity contribution in [2.24, 2.45) is 0 Å². The molecule has 110 valence electrons. The maximum atomic E-state index is 13.1. The predicted molar refractivity (Wildman–Crippen MR) is 67.8 cm³/mol. The standard InChI is InChI=1S/C13H10F2N2O4/c14-10-6-9(12(17(19)20)7-11(10)15)13(18)16-4-3-8-2-1-5-21-8/h1-2,5-7H,3-4H2,(H,16,18). The fourth-order valence-electron chi connectivity index (χ4n) is 1.72. The van der Waals surface area contributed by atoms with Gasteiger partial charge in [0, 0.05) is 13.0 Å². The molecule has 1 N–H and O–H groups in total. The largest absolute Gasteiger partial charge is 0.469 e. The Kier molecular flexibility index (Phi) is 4.27. The molecule has 0 bridgehead atoms. The summed E-state index contributed by atoms with van der Waals surface area (Å²) in [5.41, 5.74) is -1.32. The molecule has 0 saturated carbocycles. The fourth-order valence-corrected chi connectivity index (χ4v) is 1.72. The molecule has 1 amide bonds. The SMILES string of the molecule is O=C(NCCc1ccco1)c1cc(F)c(F)cc1[N+](=O)[O-]. The number of carbonyl (C=O) groups excluding carboxylic acids is 1. The minimum Gasteiger partial charge on any atom is -0.469 e. The summed E-state index contributed by atoms with van der Waals surface area (Å²) in [6.07, 6.45) is 1.84. The number of nitro benzene ring substituents is 1. The fraction of sp³-hybridized carbons (Fsp3) is 0.154. The van der Waals surface area contributed by atoms with Gasteiger partial charge in [0.2, 0.25) is 0 Å². The average molecular weight is 296 g/mol. The van der Waals surface area contributed by atoms with E-state index in [4.69, 9.17) is 4.42 Å². The minimum absolute atomic E-state index is 0.141. The van der Waals surface area contributed by atoms with Crippen LogP contribution >= 0.6 is 0 Å². The van der Waals surface area contributed by atoms with E-state index in [0.29, 0.717) is 24.3 Å². The van der Waals surface area contributed by atoms with Crippen LogP contribution in [-0.2, 0) is 6.42 Å². The van der Waals surface area contributed by atoms with Crippen molar-refractivity contribution in [3.8, 4) is 0 Å². The molecule has 8 heteroatoms. The minimum atomic E-state index is -1.38. The molecule has 21 heavy (non-hydrogen) atoms. The number of amides is 1. The quantitative estimate of drug-likeness (QED) is 0.678. The van der Waals surface area contributed by atoms with Crippen LogP contribution < -0.4 is 5.32 Å². The molecule has 0 radical (unpaired) electrons. The maximum absolute atomic E-state index is 13.1. The van der Waals surface area contributed by atoms with Gasteiger partial charge in [0.25, 0.3) is 11.6 Å². The van der Waals surface area contributed by atoms with Gasteiger partial charge in [0.1, 0.15) is 11.3 Å². The molecule has 1 heterocycles. The molecule has 0 saturated heterocycles. The van der Waals surface area contributed by atoms with Crippen LogP contribution in [-0.4, -0.2) is 17.4 Å². The van der Waals surface area contributed by atoms with Gasteiger partial charge >= 0.3 is 0 Å². The van der Waals surface area contributed by atoms with Crippen LogP contribution in [0.3, 0.4) is 0 Å². The predicted octanol–water partition coefficient (Wildman–Crippen LogP) is 2.44. The Labute approximate surface area is 117 Å². The molecule has 2 rings (SSSR count). The smallest absolute Gasteiger partial charge is 0.285 e. The molecule has 0 aliphatic carbocycles. The van der Waals surface area contributed by atoms with Gasteiger partial charge in [0.05, 0.1) is 17.3 Å². The first-order valence-electron chi connectivity index (χ1n) is 5.93. The van der Waals surface area contributed by atoms with E-state index in [1.165, 1.54) is 6.26 Å². The number of nitrogens with zero attached hydrogens (tertiary/aromatic N) is 1. The van der Waals surface area contributed by atoms with Crippen LogP contribution in [0.4, 0.5) is 14.5 Å². The van der Waals surface area contributed by atoms with Crippen LogP contribution in [0.2, 0.25) is 0 Å². The van der Waals surface area contributed by atoms with E-state index < -0.39 is 33.7 Å². The van der Waals surface area contributed by atoms with Gasteiger partial charge < -0.3 is 9.73 Å². The maximum Gasteiger partial charge on any atom is 0.285 e. The number of nitro groups is 1. The number of hydrogen-bond acceptors (Lipinski definition) is 4. The first-order valence-corrected chi connectivity index (χ1v) is 5.93. The molecule has 6 nitrogen and oxygen atoms in total. The Bertz CT molecular complexity index is 671. The lowest BCUT2D eigenvalue weighted by atomic mass is 10.1. The Balaban J connectivity index is 2.11. The highest BCUT2D eigenvalue weighted by atomic mass is 19.2. The Hall–Kier alpha value is -2.77. The van der Waals surface area contributed by atoms with E-state index in [1.54, 1.807) is 12.1 Å². The monoisotopic (exact) mass is 296 g/mol. The summed E-state index contributed by atoms with van der Waals surface area (Å²) >= 11 is 0. The summed E-state index contributed by atoms with van der Waals surface area (Å²) < 4.78 is 31.2. The topological polar surface area (TPSA) is 85.4 Å². The van der Waals surface area contributed by atoms with E-state index in [-0.39, 0.29) is 6.54 Å². The van der Waals surface area contributed by atoms with Crippen molar-refractivity contribution in [1.82, 2.24) is 5.32 Å². The number of nitrogens with one attached hydrogen (secondary N) is 1. The van der Waals surface area contributed by atoms with Crippen molar-refractivity contribution in [2.45, 2.75) is 6.42 Å². The summed E-state index contributed by atoms with van der Waals surface area (Å²) in [5.74, 6) is -2.94. The van der Waals surface area contributed by atoms with Crippen LogP contribution in [0.25, 0.3) is 0 Å². The van der Waals surface area contributed by atoms with Crippen LogP contribution in [0.5, 0.6) is 0 Å². The van der Waals surface area contributed by atoms with E-state index in [9.17, 15) is 23.7 Å². The first kappa shape index (κ1) is 14.6. The summed E-state index contributed by atoms with van der Waals surface area (Å²) in [6, 6.07) is 4.27. The van der Waals surface area contributed by atoms with Gasteiger partial charge in [0.15, 0.2) is 11.6 Å². The molecule has 0 unspecified atom stereocenters. The molecule has 1 aromatic heterocycles. The van der Waals surface area contributed by atoms with Crippen molar-refractivity contribution in [1.29, 1.82) is 0 Å². The van der Waals surface area contributed by atoms with Gasteiger partial charge in [-0.2, -0.15) is 0 Å². The van der Waals surface area contributed by atoms with E-state index in [2.05, 4.69) is 5.32 Å². The molecular weight excluding hydrogens is 286 g/mol. The number of halogens is 2. The van der Waals surface area contributed by atoms with Crippen LogP contribution in [0.15, 0.2) is 34.9 Å². The zero-order valence-electron chi connectivity index (χ0n) is 10.6. The molecule has 0 spiro atoms. The lowest BCUT2D eigenvalue weighted by Crippen LogP contribution is -2.26. The number of furan rings is 1. The second-order valence-corrected chi connectivity index (χ2v) is 4.13. The number of benzene rings is 1. The molecule has 1 aromatic carbocycles. The van der Waals surface area contributed by atoms with Crippen molar-refractivity contribution >= 4 is 11.6 Å². The van der Waals surface area contributed by atoms with Crippen LogP contribution in [0, 0.1) is 21.7 Å².